The first-order valence-electron chi connectivity index (χ1n) is 8.12. The fraction of sp³-hybridized carbons (Fsp3) is 0.222. The fourth-order valence-electron chi connectivity index (χ4n) is 3.13. The third-order valence-electron chi connectivity index (χ3n) is 4.26. The fourth-order valence-corrected chi connectivity index (χ4v) is 6.24. The Bertz CT molecular complexity index is 1040. The van der Waals surface area contributed by atoms with Gasteiger partial charge in [-0.1, -0.05) is 17.8 Å². The van der Waals surface area contributed by atoms with Gasteiger partial charge < -0.3 is 0 Å². The molecule has 4 heterocycles. The molecule has 0 bridgehead atoms. The van der Waals surface area contributed by atoms with E-state index >= 15 is 0 Å². The molecule has 0 atom stereocenters. The van der Waals surface area contributed by atoms with Crippen LogP contribution in [-0.2, 0) is 18.6 Å². The number of thiophene rings is 1. The van der Waals surface area contributed by atoms with Crippen molar-refractivity contribution in [3.05, 3.63) is 52.2 Å². The van der Waals surface area contributed by atoms with Crippen LogP contribution < -0.4 is 0 Å². The summed E-state index contributed by atoms with van der Waals surface area (Å²) in [6.07, 6.45) is 7.11. The Kier molecular flexibility index (Phi) is 4.00. The van der Waals surface area contributed by atoms with Gasteiger partial charge in [0.05, 0.1) is 11.4 Å². The Morgan fingerprint density at radius 1 is 1.12 bits per heavy atom. The second-order valence-corrected chi connectivity index (χ2v) is 8.77. The van der Waals surface area contributed by atoms with E-state index in [1.807, 2.05) is 29.5 Å². The number of nitrogens with zero attached hydrogens (tertiary/aromatic N) is 4. The molecule has 7 heteroatoms. The lowest BCUT2D eigenvalue weighted by Crippen LogP contribution is -1.89. The van der Waals surface area contributed by atoms with E-state index in [0.29, 0.717) is 0 Å². The molecule has 0 aliphatic heterocycles. The second-order valence-electron chi connectivity index (χ2n) is 5.86. The molecule has 4 aromatic heterocycles. The molecule has 0 radical (unpaired) electrons. The van der Waals surface area contributed by atoms with Crippen LogP contribution in [-0.4, -0.2) is 19.9 Å². The van der Waals surface area contributed by atoms with Gasteiger partial charge in [0.25, 0.3) is 0 Å². The van der Waals surface area contributed by atoms with E-state index in [2.05, 4.69) is 20.3 Å². The minimum Gasteiger partial charge on any atom is -0.254 e. The number of hydrogen-bond acceptors (Lipinski definition) is 7. The summed E-state index contributed by atoms with van der Waals surface area (Å²) in [7, 11) is 0. The minimum absolute atomic E-state index is 0.820. The van der Waals surface area contributed by atoms with Crippen molar-refractivity contribution in [3.8, 4) is 10.7 Å². The smallest absolute Gasteiger partial charge is 0.142 e. The molecule has 0 aromatic carbocycles. The van der Waals surface area contributed by atoms with E-state index < -0.39 is 0 Å². The lowest BCUT2D eigenvalue weighted by molar-refractivity contribution is 0.915. The molecule has 0 N–H and O–H groups in total. The standard InChI is InChI=1S/C18H14N4S3/c1-2-7-19-13(5-1)16-22-11(8-23-16)9-24-17-15-12-4-3-6-14(12)25-18(15)21-10-20-17/h1-2,5,7-8,10H,3-4,6,9H2. The highest BCUT2D eigenvalue weighted by molar-refractivity contribution is 7.98. The van der Waals surface area contributed by atoms with Crippen LogP contribution in [0, 0.1) is 0 Å². The van der Waals surface area contributed by atoms with Gasteiger partial charge in [0, 0.05) is 27.6 Å². The Morgan fingerprint density at radius 2 is 2.12 bits per heavy atom. The van der Waals surface area contributed by atoms with Crippen molar-refractivity contribution in [2.45, 2.75) is 30.0 Å². The average molecular weight is 383 g/mol. The molecule has 0 spiro atoms. The summed E-state index contributed by atoms with van der Waals surface area (Å²) < 4.78 is 0. The van der Waals surface area contributed by atoms with Crippen molar-refractivity contribution >= 4 is 44.7 Å². The molecule has 0 saturated heterocycles. The van der Waals surface area contributed by atoms with Gasteiger partial charge in [0.15, 0.2) is 0 Å². The van der Waals surface area contributed by atoms with Crippen molar-refractivity contribution in [1.29, 1.82) is 0 Å². The molecule has 4 aromatic rings. The molecule has 1 aliphatic rings. The van der Waals surface area contributed by atoms with Crippen LogP contribution in [0.25, 0.3) is 20.9 Å². The van der Waals surface area contributed by atoms with Gasteiger partial charge in [-0.05, 0) is 37.0 Å². The van der Waals surface area contributed by atoms with Crippen molar-refractivity contribution in [2.24, 2.45) is 0 Å². The SMILES string of the molecule is c1ccc(-c2nc(CSc3ncnc4sc5c(c34)CCC5)cs2)nc1. The van der Waals surface area contributed by atoms with Crippen LogP contribution in [0.2, 0.25) is 0 Å². The second kappa shape index (κ2) is 6.48. The third-order valence-corrected chi connectivity index (χ3v) is 7.40. The van der Waals surface area contributed by atoms with Crippen LogP contribution in [0.3, 0.4) is 0 Å². The highest BCUT2D eigenvalue weighted by atomic mass is 32.2. The van der Waals surface area contributed by atoms with Gasteiger partial charge in [-0.15, -0.1) is 22.7 Å². The molecule has 0 fully saturated rings. The first-order chi connectivity index (χ1) is 12.4. The summed E-state index contributed by atoms with van der Waals surface area (Å²) in [6, 6.07) is 5.92. The van der Waals surface area contributed by atoms with E-state index in [9.17, 15) is 0 Å². The van der Waals surface area contributed by atoms with Crippen LogP contribution in [0.1, 0.15) is 22.6 Å². The Labute approximate surface area is 157 Å². The number of rotatable bonds is 4. The maximum Gasteiger partial charge on any atom is 0.142 e. The first kappa shape index (κ1) is 15.4. The molecule has 4 nitrogen and oxygen atoms in total. The molecule has 0 unspecified atom stereocenters. The number of fused-ring (bicyclic) bond motifs is 3. The van der Waals surface area contributed by atoms with E-state index in [-0.39, 0.29) is 0 Å². The predicted octanol–water partition coefficient (Wildman–Crippen LogP) is 4.99. The molecular weight excluding hydrogens is 368 g/mol. The van der Waals surface area contributed by atoms with Gasteiger partial charge in [-0.25, -0.2) is 15.0 Å². The molecule has 1 aliphatic carbocycles. The maximum atomic E-state index is 4.73. The largest absolute Gasteiger partial charge is 0.254 e. The lowest BCUT2D eigenvalue weighted by atomic mass is 10.2. The average Bonchev–Trinajstić information content (AvgIpc) is 3.36. The molecule has 0 amide bonds. The molecule has 124 valence electrons. The zero-order valence-electron chi connectivity index (χ0n) is 13.3. The van der Waals surface area contributed by atoms with Gasteiger partial charge in [0.1, 0.15) is 21.2 Å². The summed E-state index contributed by atoms with van der Waals surface area (Å²) in [4.78, 5) is 20.8. The summed E-state index contributed by atoms with van der Waals surface area (Å²) in [5.74, 6) is 0.820. The van der Waals surface area contributed by atoms with Crippen molar-refractivity contribution in [2.75, 3.05) is 0 Å². The van der Waals surface area contributed by atoms with E-state index in [4.69, 9.17) is 4.98 Å². The van der Waals surface area contributed by atoms with Gasteiger partial charge in [-0.2, -0.15) is 0 Å². The third kappa shape index (κ3) is 2.86. The van der Waals surface area contributed by atoms with Crippen LogP contribution >= 0.6 is 34.4 Å². The van der Waals surface area contributed by atoms with Crippen LogP contribution in [0.15, 0.2) is 41.1 Å². The van der Waals surface area contributed by atoms with E-state index in [1.54, 1.807) is 35.6 Å². The normalized spacial score (nSPS) is 13.4. The quantitative estimate of drug-likeness (QED) is 0.368. The highest BCUT2D eigenvalue weighted by Crippen LogP contribution is 2.40. The molecule has 5 rings (SSSR count). The predicted molar refractivity (Wildman–Crippen MR) is 104 cm³/mol. The zero-order chi connectivity index (χ0) is 16.6. The first-order valence-corrected chi connectivity index (χ1v) is 10.8. The Balaban J connectivity index is 1.40. The molecular formula is C18H14N4S3. The Hall–Kier alpha value is -1.83. The number of thioether (sulfide) groups is 1. The molecule has 0 saturated carbocycles. The van der Waals surface area contributed by atoms with Gasteiger partial charge >= 0.3 is 0 Å². The summed E-state index contributed by atoms with van der Waals surface area (Å²) >= 11 is 5.24. The van der Waals surface area contributed by atoms with Crippen molar-refractivity contribution in [1.82, 2.24) is 19.9 Å². The van der Waals surface area contributed by atoms with E-state index in [0.717, 1.165) is 38.4 Å². The topological polar surface area (TPSA) is 51.6 Å². The zero-order valence-corrected chi connectivity index (χ0v) is 15.8. The van der Waals surface area contributed by atoms with Gasteiger partial charge in [-0.3, -0.25) is 4.98 Å². The number of hydrogen-bond donors (Lipinski definition) is 0. The minimum atomic E-state index is 0.820. The maximum absolute atomic E-state index is 4.73. The summed E-state index contributed by atoms with van der Waals surface area (Å²) in [5, 5.41) is 5.47. The van der Waals surface area contributed by atoms with Crippen molar-refractivity contribution in [3.63, 3.8) is 0 Å². The number of pyridine rings is 1. The number of aromatic nitrogens is 4. The number of aryl methyl sites for hydroxylation is 2. The monoisotopic (exact) mass is 382 g/mol. The van der Waals surface area contributed by atoms with Crippen LogP contribution in [0.4, 0.5) is 0 Å². The van der Waals surface area contributed by atoms with Crippen LogP contribution in [0.5, 0.6) is 0 Å². The summed E-state index contributed by atoms with van der Waals surface area (Å²) in [6.45, 7) is 0. The summed E-state index contributed by atoms with van der Waals surface area (Å²) in [5.41, 5.74) is 3.49. The highest BCUT2D eigenvalue weighted by Gasteiger charge is 2.21. The number of thiazole rings is 1. The lowest BCUT2D eigenvalue weighted by Gasteiger charge is -2.02. The van der Waals surface area contributed by atoms with Gasteiger partial charge in [0.2, 0.25) is 0 Å². The molecule has 25 heavy (non-hydrogen) atoms. The van der Waals surface area contributed by atoms with E-state index in [1.165, 1.54) is 28.7 Å². The van der Waals surface area contributed by atoms with Crippen molar-refractivity contribution < 1.29 is 0 Å². The Morgan fingerprint density at radius 3 is 3.04 bits per heavy atom.